The van der Waals surface area contributed by atoms with Gasteiger partial charge in [-0.2, -0.15) is 0 Å². The highest BCUT2D eigenvalue weighted by Gasteiger charge is 2.24. The molecule has 0 atom stereocenters. The minimum absolute atomic E-state index is 0.142. The summed E-state index contributed by atoms with van der Waals surface area (Å²) in [6.07, 6.45) is 6.24. The molecule has 0 bridgehead atoms. The predicted molar refractivity (Wildman–Crippen MR) is 119 cm³/mol. The number of hydrogen-bond donors (Lipinski definition) is 0. The Morgan fingerprint density at radius 3 is 2.10 bits per heavy atom. The molecular weight excluding hydrogens is 356 g/mol. The van der Waals surface area contributed by atoms with Crippen molar-refractivity contribution < 1.29 is 0 Å². The Labute approximate surface area is 172 Å². The fourth-order valence-corrected chi connectivity index (χ4v) is 4.48. The molecule has 1 aliphatic carbocycles. The Hall–Kier alpha value is -2.75. The van der Waals surface area contributed by atoms with Crippen molar-refractivity contribution in [1.82, 2.24) is 19.5 Å². The molecule has 2 heterocycles. The van der Waals surface area contributed by atoms with Crippen LogP contribution in [0.5, 0.6) is 0 Å². The van der Waals surface area contributed by atoms with E-state index in [2.05, 4.69) is 49.6 Å². The van der Waals surface area contributed by atoms with Gasteiger partial charge >= 0.3 is 0 Å². The third-order valence-corrected chi connectivity index (χ3v) is 6.15. The van der Waals surface area contributed by atoms with Gasteiger partial charge in [-0.3, -0.25) is 0 Å². The van der Waals surface area contributed by atoms with E-state index in [4.69, 9.17) is 15.0 Å². The summed E-state index contributed by atoms with van der Waals surface area (Å²) in [7, 11) is 0. The molecule has 1 saturated carbocycles. The number of para-hydroxylation sites is 2. The van der Waals surface area contributed by atoms with Crippen LogP contribution >= 0.6 is 0 Å². The molecule has 148 valence electrons. The first-order valence-corrected chi connectivity index (χ1v) is 10.8. The number of hydrogen-bond acceptors (Lipinski definition) is 3. The number of fused-ring (bicyclic) bond motifs is 2. The molecule has 0 amide bonds. The highest BCUT2D eigenvalue weighted by molar-refractivity contribution is 5.85. The van der Waals surface area contributed by atoms with Crippen LogP contribution in [0, 0.1) is 0 Å². The molecule has 2 aromatic heterocycles. The molecule has 1 aliphatic rings. The maximum absolute atomic E-state index is 4.99. The van der Waals surface area contributed by atoms with Crippen LogP contribution in [-0.2, 0) is 5.41 Å². The molecule has 29 heavy (non-hydrogen) atoms. The Kier molecular flexibility index (Phi) is 4.38. The Morgan fingerprint density at radius 2 is 1.45 bits per heavy atom. The van der Waals surface area contributed by atoms with Crippen molar-refractivity contribution in [2.45, 2.75) is 64.3 Å². The monoisotopic (exact) mass is 384 g/mol. The van der Waals surface area contributed by atoms with Gasteiger partial charge in [-0.25, -0.2) is 15.0 Å². The van der Waals surface area contributed by atoms with Crippen molar-refractivity contribution in [3.05, 3.63) is 54.1 Å². The molecule has 2 aromatic carbocycles. The number of nitrogens with zero attached hydrogens (tertiary/aromatic N) is 4. The lowest BCUT2D eigenvalue weighted by atomic mass is 9.86. The van der Waals surface area contributed by atoms with Crippen molar-refractivity contribution in [1.29, 1.82) is 0 Å². The van der Waals surface area contributed by atoms with E-state index in [-0.39, 0.29) is 5.41 Å². The summed E-state index contributed by atoms with van der Waals surface area (Å²) >= 11 is 0. The minimum Gasteiger partial charge on any atom is -0.304 e. The molecule has 0 N–H and O–H groups in total. The van der Waals surface area contributed by atoms with Crippen molar-refractivity contribution in [3.8, 4) is 11.4 Å². The maximum Gasteiger partial charge on any atom is 0.198 e. The summed E-state index contributed by atoms with van der Waals surface area (Å²) in [6, 6.07) is 17.4. The van der Waals surface area contributed by atoms with Crippen LogP contribution in [0.2, 0.25) is 0 Å². The minimum atomic E-state index is 0.142. The molecule has 0 aliphatic heterocycles. The average molecular weight is 385 g/mol. The van der Waals surface area contributed by atoms with E-state index >= 15 is 0 Å². The fourth-order valence-electron chi connectivity index (χ4n) is 4.48. The Balaban J connectivity index is 1.71. The Morgan fingerprint density at radius 1 is 0.793 bits per heavy atom. The average Bonchev–Trinajstić information content (AvgIpc) is 3.10. The van der Waals surface area contributed by atoms with Crippen molar-refractivity contribution in [3.63, 3.8) is 0 Å². The van der Waals surface area contributed by atoms with Crippen LogP contribution in [0.3, 0.4) is 0 Å². The second-order valence-electron chi connectivity index (χ2n) is 9.28. The summed E-state index contributed by atoms with van der Waals surface area (Å²) in [6.45, 7) is 6.75. The van der Waals surface area contributed by atoms with Gasteiger partial charge in [-0.05, 0) is 36.0 Å². The lowest BCUT2D eigenvalue weighted by Gasteiger charge is -2.25. The van der Waals surface area contributed by atoms with E-state index in [1.54, 1.807) is 0 Å². The van der Waals surface area contributed by atoms with Gasteiger partial charge in [-0.15, -0.1) is 0 Å². The van der Waals surface area contributed by atoms with Crippen LogP contribution in [-0.4, -0.2) is 19.5 Å². The molecule has 0 saturated heterocycles. The number of aromatic nitrogens is 4. The van der Waals surface area contributed by atoms with Crippen LogP contribution in [0.4, 0.5) is 0 Å². The summed E-state index contributed by atoms with van der Waals surface area (Å²) in [5, 5.41) is 0. The molecule has 5 rings (SSSR count). The zero-order chi connectivity index (χ0) is 20.0. The first kappa shape index (κ1) is 18.3. The van der Waals surface area contributed by atoms with Crippen LogP contribution in [0.15, 0.2) is 48.5 Å². The van der Waals surface area contributed by atoms with E-state index in [0.717, 1.165) is 33.7 Å². The number of rotatable bonds is 2. The largest absolute Gasteiger partial charge is 0.304 e. The summed E-state index contributed by atoms with van der Waals surface area (Å²) in [5.41, 5.74) is 6.14. The van der Waals surface area contributed by atoms with E-state index in [1.165, 1.54) is 37.7 Å². The van der Waals surface area contributed by atoms with Crippen LogP contribution in [0.1, 0.15) is 64.5 Å². The number of imidazole rings is 1. The molecule has 0 unspecified atom stereocenters. The predicted octanol–water partition coefficient (Wildman–Crippen LogP) is 6.45. The zero-order valence-corrected chi connectivity index (χ0v) is 17.5. The molecule has 0 spiro atoms. The highest BCUT2D eigenvalue weighted by Crippen LogP contribution is 2.36. The molecule has 1 fully saturated rings. The van der Waals surface area contributed by atoms with Crippen molar-refractivity contribution >= 4 is 22.3 Å². The fraction of sp³-hybridized carbons (Fsp3) is 0.400. The smallest absolute Gasteiger partial charge is 0.198 e. The third-order valence-electron chi connectivity index (χ3n) is 6.15. The SMILES string of the molecule is CC(C)(C)c1ccc(-c2nc3nc4ccccc4nc3n2C2CCCCC2)cc1. The topological polar surface area (TPSA) is 43.6 Å². The first-order valence-electron chi connectivity index (χ1n) is 10.8. The molecule has 4 aromatic rings. The summed E-state index contributed by atoms with van der Waals surface area (Å²) < 4.78 is 2.38. The van der Waals surface area contributed by atoms with Crippen molar-refractivity contribution in [2.24, 2.45) is 0 Å². The third kappa shape index (κ3) is 3.31. The van der Waals surface area contributed by atoms with E-state index < -0.39 is 0 Å². The van der Waals surface area contributed by atoms with Gasteiger partial charge in [0, 0.05) is 11.6 Å². The standard InChI is InChI=1S/C25H28N4/c1-25(2,3)18-15-13-17(14-16-18)23-28-22-24(29(23)19-9-5-4-6-10-19)27-21-12-8-7-11-20(21)26-22/h7-8,11-16,19H,4-6,9-10H2,1-3H3. The quantitative estimate of drug-likeness (QED) is 0.399. The van der Waals surface area contributed by atoms with Gasteiger partial charge < -0.3 is 4.57 Å². The lowest BCUT2D eigenvalue weighted by molar-refractivity contribution is 0.361. The van der Waals surface area contributed by atoms with Gasteiger partial charge in [0.05, 0.1) is 11.0 Å². The first-order chi connectivity index (χ1) is 14.0. The van der Waals surface area contributed by atoms with Gasteiger partial charge in [0.2, 0.25) is 0 Å². The molecule has 0 radical (unpaired) electrons. The van der Waals surface area contributed by atoms with Gasteiger partial charge in [0.1, 0.15) is 5.82 Å². The zero-order valence-electron chi connectivity index (χ0n) is 17.5. The second-order valence-corrected chi connectivity index (χ2v) is 9.28. The maximum atomic E-state index is 4.99. The second kappa shape index (κ2) is 6.94. The van der Waals surface area contributed by atoms with E-state index in [1.807, 2.05) is 24.3 Å². The van der Waals surface area contributed by atoms with Crippen molar-refractivity contribution in [2.75, 3.05) is 0 Å². The lowest BCUT2D eigenvalue weighted by Crippen LogP contribution is -2.15. The van der Waals surface area contributed by atoms with Gasteiger partial charge in [0.15, 0.2) is 11.3 Å². The highest BCUT2D eigenvalue weighted by atomic mass is 15.2. The van der Waals surface area contributed by atoms with Crippen LogP contribution < -0.4 is 0 Å². The molecular formula is C25H28N4. The molecule has 4 heteroatoms. The summed E-state index contributed by atoms with van der Waals surface area (Å²) in [5.74, 6) is 1.00. The summed E-state index contributed by atoms with van der Waals surface area (Å²) in [4.78, 5) is 14.8. The Bertz CT molecular complexity index is 1160. The number of benzene rings is 2. The van der Waals surface area contributed by atoms with E-state index in [0.29, 0.717) is 6.04 Å². The van der Waals surface area contributed by atoms with Gasteiger partial charge in [0.25, 0.3) is 0 Å². The normalized spacial score (nSPS) is 16.0. The van der Waals surface area contributed by atoms with Crippen LogP contribution in [0.25, 0.3) is 33.7 Å². The van der Waals surface area contributed by atoms with E-state index in [9.17, 15) is 0 Å². The molecule has 4 nitrogen and oxygen atoms in total. The van der Waals surface area contributed by atoms with Gasteiger partial charge in [-0.1, -0.05) is 76.4 Å².